The average Bonchev–Trinajstić information content (AvgIpc) is 3.13. The molecule has 1 aliphatic carbocycles. The van der Waals surface area contributed by atoms with Crippen molar-refractivity contribution in [2.45, 2.75) is 25.3 Å². The minimum atomic E-state index is -0.534. The molecule has 0 aliphatic heterocycles. The first-order valence-corrected chi connectivity index (χ1v) is 9.34. The second-order valence-electron chi connectivity index (χ2n) is 6.72. The third kappa shape index (κ3) is 4.52. The first-order valence-electron chi connectivity index (χ1n) is 9.34. The van der Waals surface area contributed by atoms with Crippen molar-refractivity contribution < 1.29 is 19.5 Å². The predicted molar refractivity (Wildman–Crippen MR) is 108 cm³/mol. The summed E-state index contributed by atoms with van der Waals surface area (Å²) in [7, 11) is 3.31. The molecule has 0 fully saturated rings. The third-order valence-corrected chi connectivity index (χ3v) is 5.05. The smallest absolute Gasteiger partial charge is 0.267 e. The van der Waals surface area contributed by atoms with Crippen LogP contribution in [0.3, 0.4) is 0 Å². The van der Waals surface area contributed by atoms with Crippen LogP contribution in [0.1, 0.15) is 34.7 Å². The summed E-state index contributed by atoms with van der Waals surface area (Å²) in [4.78, 5) is 11.1. The number of amides is 1. The van der Waals surface area contributed by atoms with E-state index >= 15 is 0 Å². The molecule has 0 spiro atoms. The van der Waals surface area contributed by atoms with Crippen molar-refractivity contribution in [1.29, 1.82) is 0 Å². The van der Waals surface area contributed by atoms with Crippen molar-refractivity contribution in [1.82, 2.24) is 10.8 Å². The summed E-state index contributed by atoms with van der Waals surface area (Å²) >= 11 is 0. The van der Waals surface area contributed by atoms with Gasteiger partial charge in [-0.25, -0.2) is 5.48 Å². The number of benzene rings is 2. The van der Waals surface area contributed by atoms with Crippen LogP contribution in [0.25, 0.3) is 6.08 Å². The summed E-state index contributed by atoms with van der Waals surface area (Å²) < 4.78 is 10.9. The van der Waals surface area contributed by atoms with E-state index in [1.165, 1.54) is 17.2 Å². The Kier molecular flexibility index (Phi) is 6.68. The normalized spacial score (nSPS) is 15.5. The lowest BCUT2D eigenvalue weighted by atomic mass is 10.0. The molecule has 1 amide bonds. The van der Waals surface area contributed by atoms with Gasteiger partial charge in [0.25, 0.3) is 5.91 Å². The number of methoxy groups -OCH3 is 2. The summed E-state index contributed by atoms with van der Waals surface area (Å²) in [5.41, 5.74) is 6.26. The third-order valence-electron chi connectivity index (χ3n) is 5.05. The van der Waals surface area contributed by atoms with E-state index in [0.717, 1.165) is 48.4 Å². The predicted octanol–water partition coefficient (Wildman–Crippen LogP) is 3.04. The molecule has 2 aromatic rings. The number of ether oxygens (including phenoxy) is 2. The number of rotatable bonds is 8. The van der Waals surface area contributed by atoms with Crippen LogP contribution in [0.2, 0.25) is 0 Å². The Labute approximate surface area is 165 Å². The molecular weight excluding hydrogens is 356 g/mol. The Hall–Kier alpha value is -2.83. The van der Waals surface area contributed by atoms with Gasteiger partial charge < -0.3 is 14.8 Å². The minimum absolute atomic E-state index is 0.324. The lowest BCUT2D eigenvalue weighted by molar-refractivity contribution is -0.124. The number of fused-ring (bicyclic) bond motifs is 1. The minimum Gasteiger partial charge on any atom is -0.493 e. The van der Waals surface area contributed by atoms with Crippen molar-refractivity contribution in [2.24, 2.45) is 0 Å². The van der Waals surface area contributed by atoms with Crippen LogP contribution in [-0.2, 0) is 17.6 Å². The van der Waals surface area contributed by atoms with Crippen molar-refractivity contribution in [3.63, 3.8) is 0 Å². The average molecular weight is 382 g/mol. The maximum atomic E-state index is 11.1. The van der Waals surface area contributed by atoms with E-state index in [-0.39, 0.29) is 0 Å². The fourth-order valence-electron chi connectivity index (χ4n) is 3.69. The summed E-state index contributed by atoms with van der Waals surface area (Å²) in [5, 5.41) is 12.2. The topological polar surface area (TPSA) is 79.8 Å². The second-order valence-corrected chi connectivity index (χ2v) is 6.72. The van der Waals surface area contributed by atoms with E-state index in [1.807, 2.05) is 18.2 Å². The summed E-state index contributed by atoms with van der Waals surface area (Å²) in [6, 6.07) is 12.5. The van der Waals surface area contributed by atoms with Gasteiger partial charge in [0, 0.05) is 12.1 Å². The zero-order valence-corrected chi connectivity index (χ0v) is 16.2. The van der Waals surface area contributed by atoms with Gasteiger partial charge in [-0.3, -0.25) is 10.0 Å². The van der Waals surface area contributed by atoms with E-state index in [4.69, 9.17) is 14.7 Å². The van der Waals surface area contributed by atoms with Crippen molar-refractivity contribution in [2.75, 3.05) is 20.8 Å². The number of aryl methyl sites for hydroxylation is 1. The molecule has 0 aromatic heterocycles. The zero-order chi connectivity index (χ0) is 19.9. The molecule has 0 saturated heterocycles. The van der Waals surface area contributed by atoms with E-state index in [1.54, 1.807) is 25.8 Å². The Morgan fingerprint density at radius 2 is 2.11 bits per heavy atom. The summed E-state index contributed by atoms with van der Waals surface area (Å²) in [6.45, 7) is 0.839. The van der Waals surface area contributed by atoms with Crippen LogP contribution < -0.4 is 20.3 Å². The molecule has 28 heavy (non-hydrogen) atoms. The maximum absolute atomic E-state index is 11.1. The highest BCUT2D eigenvalue weighted by molar-refractivity contribution is 5.90. The van der Waals surface area contributed by atoms with Crippen molar-refractivity contribution in [3.8, 4) is 11.5 Å². The molecule has 0 radical (unpaired) electrons. The lowest BCUT2D eigenvalue weighted by Crippen LogP contribution is -2.22. The number of para-hydroxylation sites is 1. The van der Waals surface area contributed by atoms with Gasteiger partial charge >= 0.3 is 0 Å². The molecule has 1 atom stereocenters. The highest BCUT2D eigenvalue weighted by Crippen LogP contribution is 2.33. The molecule has 0 saturated carbocycles. The molecule has 3 N–H and O–H groups in total. The zero-order valence-electron chi connectivity index (χ0n) is 16.2. The van der Waals surface area contributed by atoms with Gasteiger partial charge in [0.2, 0.25) is 0 Å². The molecule has 1 unspecified atom stereocenters. The monoisotopic (exact) mass is 382 g/mol. The van der Waals surface area contributed by atoms with Crippen LogP contribution >= 0.6 is 0 Å². The van der Waals surface area contributed by atoms with E-state index in [0.29, 0.717) is 6.04 Å². The van der Waals surface area contributed by atoms with Gasteiger partial charge in [0.05, 0.1) is 14.2 Å². The standard InChI is InChI=1S/C22H26N2O4/c1-27-20-5-3-4-16(22(20)28-2)12-13-23-19-10-8-17-14-15(6-9-18(17)19)7-11-21(25)24-26/h3-7,9,11,14,19,23,26H,8,10,12-13H2,1-2H3,(H,24,25)/b11-7+. The number of carbonyl (C=O) groups excluding carboxylic acids is 1. The van der Waals surface area contributed by atoms with E-state index < -0.39 is 5.91 Å². The molecular formula is C22H26N2O4. The number of hydrogen-bond donors (Lipinski definition) is 3. The van der Waals surface area contributed by atoms with Gasteiger partial charge in [0.15, 0.2) is 11.5 Å². The first kappa shape index (κ1) is 19.9. The number of hydroxylamine groups is 1. The molecule has 148 valence electrons. The molecule has 2 aromatic carbocycles. The van der Waals surface area contributed by atoms with Gasteiger partial charge in [-0.15, -0.1) is 0 Å². The van der Waals surface area contributed by atoms with Crippen LogP contribution in [0, 0.1) is 0 Å². The molecule has 0 heterocycles. The number of carbonyl (C=O) groups is 1. The van der Waals surface area contributed by atoms with E-state index in [9.17, 15) is 4.79 Å². The summed E-state index contributed by atoms with van der Waals surface area (Å²) in [6.07, 6.45) is 5.91. The van der Waals surface area contributed by atoms with Crippen LogP contribution in [0.4, 0.5) is 0 Å². The highest BCUT2D eigenvalue weighted by Gasteiger charge is 2.22. The molecule has 6 heteroatoms. The fourth-order valence-corrected chi connectivity index (χ4v) is 3.69. The van der Waals surface area contributed by atoms with Crippen LogP contribution in [-0.4, -0.2) is 31.9 Å². The van der Waals surface area contributed by atoms with Gasteiger partial charge in [-0.1, -0.05) is 30.3 Å². The van der Waals surface area contributed by atoms with Gasteiger partial charge in [0.1, 0.15) is 0 Å². The Balaban J connectivity index is 1.61. The van der Waals surface area contributed by atoms with Crippen molar-refractivity contribution >= 4 is 12.0 Å². The Morgan fingerprint density at radius 3 is 2.86 bits per heavy atom. The van der Waals surface area contributed by atoms with Crippen molar-refractivity contribution in [3.05, 3.63) is 64.7 Å². The lowest BCUT2D eigenvalue weighted by Gasteiger charge is -2.16. The SMILES string of the molecule is COc1cccc(CCNC2CCc3cc(/C=C/C(=O)NO)ccc32)c1OC. The number of nitrogens with one attached hydrogen (secondary N) is 2. The second kappa shape index (κ2) is 9.39. The number of hydrogen-bond acceptors (Lipinski definition) is 5. The summed E-state index contributed by atoms with van der Waals surface area (Å²) in [5.74, 6) is 1.01. The largest absolute Gasteiger partial charge is 0.493 e. The van der Waals surface area contributed by atoms with E-state index in [2.05, 4.69) is 23.5 Å². The molecule has 1 aliphatic rings. The fraction of sp³-hybridized carbons (Fsp3) is 0.318. The van der Waals surface area contributed by atoms with Gasteiger partial charge in [-0.05, 0) is 60.2 Å². The maximum Gasteiger partial charge on any atom is 0.267 e. The van der Waals surface area contributed by atoms with Crippen LogP contribution in [0.5, 0.6) is 11.5 Å². The van der Waals surface area contributed by atoms with Crippen LogP contribution in [0.15, 0.2) is 42.5 Å². The Morgan fingerprint density at radius 1 is 1.25 bits per heavy atom. The molecule has 6 nitrogen and oxygen atoms in total. The Bertz CT molecular complexity index is 864. The highest BCUT2D eigenvalue weighted by atomic mass is 16.5. The molecule has 3 rings (SSSR count). The molecule has 0 bridgehead atoms. The van der Waals surface area contributed by atoms with Gasteiger partial charge in [-0.2, -0.15) is 0 Å². The first-order chi connectivity index (χ1) is 13.7. The quantitative estimate of drug-likeness (QED) is 0.372.